The molecule has 3 rings (SSSR count). The van der Waals surface area contributed by atoms with Crippen molar-refractivity contribution in [2.75, 3.05) is 13.2 Å². The van der Waals surface area contributed by atoms with Crippen molar-refractivity contribution in [1.29, 1.82) is 0 Å². The van der Waals surface area contributed by atoms with Gasteiger partial charge in [-0.1, -0.05) is 75.4 Å². The predicted octanol–water partition coefficient (Wildman–Crippen LogP) is 7.25. The van der Waals surface area contributed by atoms with Crippen molar-refractivity contribution >= 4 is 5.97 Å². The molecule has 0 unspecified atom stereocenters. The maximum Gasteiger partial charge on any atom is 0.330 e. The number of carbonyl (C=O) groups excluding carboxylic acids is 1. The number of esters is 1. The second-order valence-electron chi connectivity index (χ2n) is 8.21. The van der Waals surface area contributed by atoms with Crippen molar-refractivity contribution < 1.29 is 18.7 Å². The van der Waals surface area contributed by atoms with Gasteiger partial charge in [-0.2, -0.15) is 0 Å². The number of rotatable bonds is 11. The minimum atomic E-state index is -0.439. The van der Waals surface area contributed by atoms with E-state index in [1.54, 1.807) is 6.07 Å². The van der Waals surface area contributed by atoms with Gasteiger partial charge in [-0.05, 0) is 52.8 Å². The molecule has 33 heavy (non-hydrogen) atoms. The zero-order valence-electron chi connectivity index (χ0n) is 19.4. The third kappa shape index (κ3) is 7.04. The van der Waals surface area contributed by atoms with Gasteiger partial charge in [0.25, 0.3) is 0 Å². The maximum absolute atomic E-state index is 14.9. The topological polar surface area (TPSA) is 35.5 Å². The first-order chi connectivity index (χ1) is 16.0. The van der Waals surface area contributed by atoms with Crippen LogP contribution < -0.4 is 4.74 Å². The highest BCUT2D eigenvalue weighted by molar-refractivity contribution is 5.81. The SMILES string of the molecule is C=CC(=O)OCCCOc1ccc(-c2ccc(-c3ccc(C[C@@H](C)CC)cc3)cc2F)cc1. The van der Waals surface area contributed by atoms with Gasteiger partial charge in [0.1, 0.15) is 11.6 Å². The fourth-order valence-corrected chi connectivity index (χ4v) is 3.52. The fourth-order valence-electron chi connectivity index (χ4n) is 3.52. The lowest BCUT2D eigenvalue weighted by molar-refractivity contribution is -0.137. The molecule has 1 atom stereocenters. The van der Waals surface area contributed by atoms with Crippen LogP contribution in [0, 0.1) is 11.7 Å². The molecule has 0 aliphatic rings. The van der Waals surface area contributed by atoms with Crippen LogP contribution in [0.2, 0.25) is 0 Å². The van der Waals surface area contributed by atoms with Crippen molar-refractivity contribution in [2.45, 2.75) is 33.1 Å². The first-order valence-electron chi connectivity index (χ1n) is 11.4. The summed E-state index contributed by atoms with van der Waals surface area (Å²) in [5.41, 5.74) is 4.52. The Labute approximate surface area is 195 Å². The Balaban J connectivity index is 1.60. The molecular weight excluding hydrogens is 415 g/mol. The summed E-state index contributed by atoms with van der Waals surface area (Å²) in [5.74, 6) is 0.648. The monoisotopic (exact) mass is 446 g/mol. The summed E-state index contributed by atoms with van der Waals surface area (Å²) >= 11 is 0. The zero-order chi connectivity index (χ0) is 23.6. The number of halogens is 1. The highest BCUT2D eigenvalue weighted by Gasteiger charge is 2.09. The van der Waals surface area contributed by atoms with Crippen LogP contribution in [0.3, 0.4) is 0 Å². The van der Waals surface area contributed by atoms with Crippen LogP contribution in [0.15, 0.2) is 79.4 Å². The molecule has 0 N–H and O–H groups in total. The number of carbonyl (C=O) groups is 1. The molecule has 3 aromatic carbocycles. The molecule has 4 heteroatoms. The second-order valence-corrected chi connectivity index (χ2v) is 8.21. The molecule has 0 spiro atoms. The third-order valence-corrected chi connectivity index (χ3v) is 5.67. The molecule has 0 saturated heterocycles. The number of benzene rings is 3. The lowest BCUT2D eigenvalue weighted by Gasteiger charge is -2.11. The summed E-state index contributed by atoms with van der Waals surface area (Å²) in [4.78, 5) is 11.0. The summed E-state index contributed by atoms with van der Waals surface area (Å²) in [7, 11) is 0. The Morgan fingerprint density at radius 1 is 0.970 bits per heavy atom. The average molecular weight is 447 g/mol. The minimum absolute atomic E-state index is 0.256. The Bertz CT molecular complexity index is 1060. The van der Waals surface area contributed by atoms with Crippen LogP contribution in [0.4, 0.5) is 4.39 Å². The van der Waals surface area contributed by atoms with Crippen LogP contribution in [0.1, 0.15) is 32.3 Å². The lowest BCUT2D eigenvalue weighted by Crippen LogP contribution is -2.06. The summed E-state index contributed by atoms with van der Waals surface area (Å²) in [5, 5.41) is 0. The van der Waals surface area contributed by atoms with E-state index in [1.807, 2.05) is 36.4 Å². The molecule has 0 saturated carbocycles. The molecule has 172 valence electrons. The van der Waals surface area contributed by atoms with Gasteiger partial charge in [-0.3, -0.25) is 0 Å². The molecule has 0 fully saturated rings. The maximum atomic E-state index is 14.9. The highest BCUT2D eigenvalue weighted by Crippen LogP contribution is 2.29. The zero-order valence-corrected chi connectivity index (χ0v) is 19.4. The Morgan fingerprint density at radius 2 is 1.64 bits per heavy atom. The van der Waals surface area contributed by atoms with E-state index in [-0.39, 0.29) is 12.4 Å². The first kappa shape index (κ1) is 24.2. The highest BCUT2D eigenvalue weighted by atomic mass is 19.1. The lowest BCUT2D eigenvalue weighted by atomic mass is 9.95. The molecule has 0 heterocycles. The van der Waals surface area contributed by atoms with Gasteiger partial charge < -0.3 is 9.47 Å². The summed E-state index contributed by atoms with van der Waals surface area (Å²) in [6, 6.07) is 21.1. The van der Waals surface area contributed by atoms with E-state index in [4.69, 9.17) is 9.47 Å². The van der Waals surface area contributed by atoms with Crippen molar-refractivity contribution in [3.63, 3.8) is 0 Å². The van der Waals surface area contributed by atoms with Crippen LogP contribution in [0.25, 0.3) is 22.3 Å². The molecule has 3 nitrogen and oxygen atoms in total. The van der Waals surface area contributed by atoms with Crippen LogP contribution in [0.5, 0.6) is 5.75 Å². The van der Waals surface area contributed by atoms with Gasteiger partial charge >= 0.3 is 5.97 Å². The van der Waals surface area contributed by atoms with E-state index in [0.717, 1.165) is 35.6 Å². The molecule has 0 aliphatic carbocycles. The van der Waals surface area contributed by atoms with E-state index >= 15 is 0 Å². The summed E-state index contributed by atoms with van der Waals surface area (Å²) in [6.45, 7) is 8.51. The Morgan fingerprint density at radius 3 is 2.27 bits per heavy atom. The van der Waals surface area contributed by atoms with E-state index in [9.17, 15) is 9.18 Å². The van der Waals surface area contributed by atoms with Gasteiger partial charge in [-0.15, -0.1) is 0 Å². The van der Waals surface area contributed by atoms with Gasteiger partial charge in [0, 0.05) is 18.1 Å². The van der Waals surface area contributed by atoms with E-state index in [1.165, 1.54) is 5.56 Å². The Hall–Kier alpha value is -3.40. The van der Waals surface area contributed by atoms with Gasteiger partial charge in [-0.25, -0.2) is 9.18 Å². The third-order valence-electron chi connectivity index (χ3n) is 5.67. The van der Waals surface area contributed by atoms with Crippen LogP contribution in [-0.2, 0) is 16.0 Å². The molecular formula is C29H31FO3. The van der Waals surface area contributed by atoms with Crippen molar-refractivity contribution in [3.05, 3.63) is 90.8 Å². The molecule has 0 bridgehead atoms. The van der Waals surface area contributed by atoms with Gasteiger partial charge in [0.15, 0.2) is 0 Å². The summed E-state index contributed by atoms with van der Waals surface area (Å²) < 4.78 is 25.5. The molecule has 0 amide bonds. The van der Waals surface area contributed by atoms with Crippen molar-refractivity contribution in [2.24, 2.45) is 5.92 Å². The van der Waals surface area contributed by atoms with Gasteiger partial charge in [0.05, 0.1) is 13.2 Å². The Kier molecular flexibility index (Phi) is 8.82. The van der Waals surface area contributed by atoms with Crippen molar-refractivity contribution in [1.82, 2.24) is 0 Å². The molecule has 0 aromatic heterocycles. The van der Waals surface area contributed by atoms with E-state index in [2.05, 4.69) is 44.7 Å². The van der Waals surface area contributed by atoms with Crippen LogP contribution in [-0.4, -0.2) is 19.2 Å². The normalized spacial score (nSPS) is 11.6. The average Bonchev–Trinajstić information content (AvgIpc) is 2.84. The predicted molar refractivity (Wildman–Crippen MR) is 132 cm³/mol. The number of hydrogen-bond donors (Lipinski definition) is 0. The minimum Gasteiger partial charge on any atom is -0.493 e. The standard InChI is InChI=1S/C29H31FO3/c1-4-21(3)19-22-7-9-23(10-8-22)25-13-16-27(28(30)20-25)24-11-14-26(15-12-24)32-17-6-18-33-29(31)5-2/h5,7-16,20-21H,2,4,6,17-19H2,1,3H3/t21-/m0/s1. The molecule has 0 aliphatic heterocycles. The van der Waals surface area contributed by atoms with Gasteiger partial charge in [0.2, 0.25) is 0 Å². The van der Waals surface area contributed by atoms with E-state index in [0.29, 0.717) is 30.3 Å². The largest absolute Gasteiger partial charge is 0.493 e. The number of ether oxygens (including phenoxy) is 2. The second kappa shape index (κ2) is 12.0. The quantitative estimate of drug-likeness (QED) is 0.177. The van der Waals surface area contributed by atoms with Crippen LogP contribution >= 0.6 is 0 Å². The first-order valence-corrected chi connectivity index (χ1v) is 11.4. The summed E-state index contributed by atoms with van der Waals surface area (Å²) in [6.07, 6.45) is 3.94. The smallest absolute Gasteiger partial charge is 0.330 e. The van der Waals surface area contributed by atoms with Crippen molar-refractivity contribution in [3.8, 4) is 28.0 Å². The fraction of sp³-hybridized carbons (Fsp3) is 0.276. The molecule has 3 aromatic rings. The molecule has 0 radical (unpaired) electrons. The van der Waals surface area contributed by atoms with E-state index < -0.39 is 5.97 Å². The number of hydrogen-bond acceptors (Lipinski definition) is 3.